The van der Waals surface area contributed by atoms with E-state index in [-0.39, 0.29) is 35.5 Å². The topological polar surface area (TPSA) is 96.0 Å². The molecule has 2 amide bonds. The highest BCUT2D eigenvalue weighted by atomic mass is 32.2. The van der Waals surface area contributed by atoms with Crippen LogP contribution in [-0.4, -0.2) is 50.4 Å². The fourth-order valence-corrected chi connectivity index (χ4v) is 6.49. The van der Waals surface area contributed by atoms with Gasteiger partial charge in [-0.3, -0.25) is 13.9 Å². The number of carbonyl (C=O) groups is 2. The van der Waals surface area contributed by atoms with Crippen molar-refractivity contribution in [3.05, 3.63) is 126 Å². The second kappa shape index (κ2) is 15.5. The molecule has 0 saturated heterocycles. The van der Waals surface area contributed by atoms with E-state index >= 15 is 0 Å². The number of aryl methyl sites for hydroxylation is 1. The minimum atomic E-state index is -4.32. The van der Waals surface area contributed by atoms with Gasteiger partial charge in [0.05, 0.1) is 17.2 Å². The van der Waals surface area contributed by atoms with Crippen LogP contribution in [0.1, 0.15) is 37.5 Å². The molecule has 0 spiro atoms. The van der Waals surface area contributed by atoms with Crippen LogP contribution in [0.25, 0.3) is 0 Å². The fourth-order valence-electron chi connectivity index (χ4n) is 5.08. The van der Waals surface area contributed by atoms with Crippen LogP contribution >= 0.6 is 0 Å². The van der Waals surface area contributed by atoms with Crippen molar-refractivity contribution in [2.45, 2.75) is 57.6 Å². The van der Waals surface area contributed by atoms with Gasteiger partial charge in [0, 0.05) is 19.0 Å². The zero-order chi connectivity index (χ0) is 33.3. The van der Waals surface area contributed by atoms with E-state index in [9.17, 15) is 22.4 Å². The minimum absolute atomic E-state index is 0.0594. The SMILES string of the molecule is CCOc1ccc(S(=O)(=O)N(CC(=O)N(Cc2cccc(C)c2)[C@@H](Cc2ccccc2)C(=O)NC(C)C)c2ccc(F)cc2)cc1. The Morgan fingerprint density at radius 1 is 0.870 bits per heavy atom. The summed E-state index contributed by atoms with van der Waals surface area (Å²) in [5.41, 5.74) is 2.70. The zero-order valence-electron chi connectivity index (χ0n) is 26.5. The molecule has 0 heterocycles. The number of sulfonamides is 1. The Labute approximate surface area is 270 Å². The van der Waals surface area contributed by atoms with E-state index in [1.807, 2.05) is 82.3 Å². The maximum Gasteiger partial charge on any atom is 0.264 e. The number of carbonyl (C=O) groups excluding carboxylic acids is 2. The van der Waals surface area contributed by atoms with Gasteiger partial charge in [0.1, 0.15) is 24.2 Å². The van der Waals surface area contributed by atoms with Crippen LogP contribution in [0, 0.1) is 12.7 Å². The van der Waals surface area contributed by atoms with Crippen LogP contribution in [0.15, 0.2) is 108 Å². The maximum absolute atomic E-state index is 14.5. The first kappa shape index (κ1) is 34.2. The summed E-state index contributed by atoms with van der Waals surface area (Å²) in [7, 11) is -4.32. The van der Waals surface area contributed by atoms with Crippen molar-refractivity contribution in [1.82, 2.24) is 10.2 Å². The predicted molar refractivity (Wildman–Crippen MR) is 177 cm³/mol. The molecule has 0 aliphatic carbocycles. The van der Waals surface area contributed by atoms with E-state index in [1.165, 1.54) is 41.3 Å². The largest absolute Gasteiger partial charge is 0.494 e. The molecule has 4 aromatic carbocycles. The molecule has 0 aromatic heterocycles. The van der Waals surface area contributed by atoms with Crippen LogP contribution in [0.2, 0.25) is 0 Å². The Morgan fingerprint density at radius 3 is 2.13 bits per heavy atom. The molecule has 0 aliphatic heterocycles. The van der Waals surface area contributed by atoms with Crippen molar-refractivity contribution < 1.29 is 27.1 Å². The number of hydrogen-bond donors (Lipinski definition) is 1. The number of benzene rings is 4. The Balaban J connectivity index is 1.79. The summed E-state index contributed by atoms with van der Waals surface area (Å²) in [5, 5.41) is 2.94. The molecule has 0 aliphatic rings. The highest BCUT2D eigenvalue weighted by molar-refractivity contribution is 7.92. The first-order chi connectivity index (χ1) is 22.0. The summed E-state index contributed by atoms with van der Waals surface area (Å²) in [4.78, 5) is 29.6. The van der Waals surface area contributed by atoms with Gasteiger partial charge in [0.2, 0.25) is 11.8 Å². The lowest BCUT2D eigenvalue weighted by atomic mass is 10.0. The first-order valence-electron chi connectivity index (χ1n) is 15.2. The zero-order valence-corrected chi connectivity index (χ0v) is 27.3. The number of anilines is 1. The van der Waals surface area contributed by atoms with Gasteiger partial charge in [0.15, 0.2) is 0 Å². The molecule has 4 rings (SSSR count). The summed E-state index contributed by atoms with van der Waals surface area (Å²) in [6.45, 7) is 7.27. The number of nitrogens with one attached hydrogen (secondary N) is 1. The van der Waals surface area contributed by atoms with Gasteiger partial charge in [-0.25, -0.2) is 12.8 Å². The molecule has 242 valence electrons. The minimum Gasteiger partial charge on any atom is -0.494 e. The lowest BCUT2D eigenvalue weighted by molar-refractivity contribution is -0.140. The maximum atomic E-state index is 14.5. The first-order valence-corrected chi connectivity index (χ1v) is 16.6. The summed E-state index contributed by atoms with van der Waals surface area (Å²) in [5.74, 6) is -1.01. The summed E-state index contributed by atoms with van der Waals surface area (Å²) in [6.07, 6.45) is 0.207. The van der Waals surface area contributed by atoms with E-state index in [0.717, 1.165) is 33.1 Å². The molecular formula is C36H40FN3O5S. The van der Waals surface area contributed by atoms with Crippen molar-refractivity contribution in [1.29, 1.82) is 0 Å². The van der Waals surface area contributed by atoms with Crippen molar-refractivity contribution in [3.63, 3.8) is 0 Å². The highest BCUT2D eigenvalue weighted by Crippen LogP contribution is 2.27. The van der Waals surface area contributed by atoms with Gasteiger partial charge in [0.25, 0.3) is 10.0 Å². The van der Waals surface area contributed by atoms with E-state index in [4.69, 9.17) is 4.74 Å². The van der Waals surface area contributed by atoms with E-state index in [1.54, 1.807) is 0 Å². The van der Waals surface area contributed by atoms with Crippen molar-refractivity contribution in [2.24, 2.45) is 0 Å². The third kappa shape index (κ3) is 8.94. The molecule has 0 unspecified atom stereocenters. The molecular weight excluding hydrogens is 605 g/mol. The molecule has 46 heavy (non-hydrogen) atoms. The number of amides is 2. The third-order valence-corrected chi connectivity index (χ3v) is 9.04. The van der Waals surface area contributed by atoms with Crippen molar-refractivity contribution >= 4 is 27.5 Å². The quantitative estimate of drug-likeness (QED) is 0.185. The van der Waals surface area contributed by atoms with Crippen LogP contribution in [-0.2, 0) is 32.6 Å². The van der Waals surface area contributed by atoms with Crippen molar-refractivity contribution in [3.8, 4) is 5.75 Å². The third-order valence-electron chi connectivity index (χ3n) is 7.25. The van der Waals surface area contributed by atoms with Gasteiger partial charge in [-0.2, -0.15) is 0 Å². The number of rotatable bonds is 14. The normalized spacial score (nSPS) is 12.0. The standard InChI is InChI=1S/C36H40FN3O5S/c1-5-45-32-18-20-33(21-19-32)46(43,44)40(31-16-14-30(37)15-17-31)25-35(41)39(24-29-13-9-10-27(4)22-29)34(36(42)38-26(2)3)23-28-11-7-6-8-12-28/h6-22,26,34H,5,23-25H2,1-4H3,(H,38,42)/t34-/m0/s1. The number of hydrogen-bond acceptors (Lipinski definition) is 5. The highest BCUT2D eigenvalue weighted by Gasteiger charge is 2.35. The lowest BCUT2D eigenvalue weighted by Crippen LogP contribution is -2.54. The lowest BCUT2D eigenvalue weighted by Gasteiger charge is -2.34. The van der Waals surface area contributed by atoms with Crippen molar-refractivity contribution in [2.75, 3.05) is 17.5 Å². The Hall–Kier alpha value is -4.70. The number of halogens is 1. The molecule has 0 saturated carbocycles. The Bertz CT molecular complexity index is 1710. The Kier molecular flexibility index (Phi) is 11.5. The second-order valence-corrected chi connectivity index (χ2v) is 13.1. The average molecular weight is 646 g/mol. The van der Waals surface area contributed by atoms with E-state index in [2.05, 4.69) is 5.32 Å². The monoisotopic (exact) mass is 645 g/mol. The Morgan fingerprint density at radius 2 is 1.52 bits per heavy atom. The van der Waals surface area contributed by atoms with Gasteiger partial charge >= 0.3 is 0 Å². The molecule has 10 heteroatoms. The van der Waals surface area contributed by atoms with Crippen LogP contribution in [0.3, 0.4) is 0 Å². The van der Waals surface area contributed by atoms with Gasteiger partial charge < -0.3 is 15.0 Å². The number of nitrogens with zero attached hydrogens (tertiary/aromatic N) is 2. The molecule has 0 fully saturated rings. The average Bonchev–Trinajstić information content (AvgIpc) is 3.02. The second-order valence-electron chi connectivity index (χ2n) is 11.3. The number of ether oxygens (including phenoxy) is 1. The van der Waals surface area contributed by atoms with Crippen LogP contribution in [0.4, 0.5) is 10.1 Å². The summed E-state index contributed by atoms with van der Waals surface area (Å²) in [6, 6.07) is 26.6. The molecule has 0 bridgehead atoms. The van der Waals surface area contributed by atoms with Crippen LogP contribution < -0.4 is 14.4 Å². The fraction of sp³-hybridized carbons (Fsp3) is 0.278. The van der Waals surface area contributed by atoms with Gasteiger partial charge in [-0.05, 0) is 87.4 Å². The summed E-state index contributed by atoms with van der Waals surface area (Å²) < 4.78 is 48.6. The molecule has 1 N–H and O–H groups in total. The summed E-state index contributed by atoms with van der Waals surface area (Å²) >= 11 is 0. The van der Waals surface area contributed by atoms with Gasteiger partial charge in [-0.1, -0.05) is 60.2 Å². The van der Waals surface area contributed by atoms with Gasteiger partial charge in [-0.15, -0.1) is 0 Å². The smallest absolute Gasteiger partial charge is 0.264 e. The molecule has 0 radical (unpaired) electrons. The molecule has 1 atom stereocenters. The molecule has 8 nitrogen and oxygen atoms in total. The van der Waals surface area contributed by atoms with E-state index in [0.29, 0.717) is 12.4 Å². The molecule has 4 aromatic rings. The van der Waals surface area contributed by atoms with Crippen LogP contribution in [0.5, 0.6) is 5.75 Å². The predicted octanol–water partition coefficient (Wildman–Crippen LogP) is 5.89. The van der Waals surface area contributed by atoms with E-state index < -0.39 is 34.3 Å².